The smallest absolute Gasteiger partial charge is 0.244 e. The fourth-order valence-electron chi connectivity index (χ4n) is 2.72. The molecule has 0 saturated carbocycles. The fourth-order valence-corrected chi connectivity index (χ4v) is 3.98. The molecule has 1 saturated heterocycles. The molecule has 1 aromatic rings. The van der Waals surface area contributed by atoms with E-state index in [1.807, 2.05) is 6.92 Å². The molecule has 0 atom stereocenters. The summed E-state index contributed by atoms with van der Waals surface area (Å²) >= 11 is 0. The summed E-state index contributed by atoms with van der Waals surface area (Å²) in [6.07, 6.45) is 3.72. The zero-order valence-corrected chi connectivity index (χ0v) is 15.4. The fraction of sp³-hybridized carbons (Fsp3) is 0.529. The van der Waals surface area contributed by atoms with Gasteiger partial charge in [-0.25, -0.2) is 13.1 Å². The number of benzene rings is 1. The number of imide groups is 1. The summed E-state index contributed by atoms with van der Waals surface area (Å²) in [5, 5.41) is 0. The van der Waals surface area contributed by atoms with E-state index in [1.54, 1.807) is 0 Å². The molecule has 138 valence electrons. The third kappa shape index (κ3) is 4.58. The number of sulfonamides is 1. The molecule has 2 amide bonds. The highest BCUT2D eigenvalue weighted by atomic mass is 32.2. The summed E-state index contributed by atoms with van der Waals surface area (Å²) in [5.74, 6) is -0.468. The summed E-state index contributed by atoms with van der Waals surface area (Å²) in [6, 6.07) is 4.31. The normalized spacial score (nSPS) is 15.5. The zero-order chi connectivity index (χ0) is 18.4. The van der Waals surface area contributed by atoms with Crippen LogP contribution in [0, 0.1) is 0 Å². The van der Waals surface area contributed by atoms with E-state index in [1.165, 1.54) is 25.3 Å². The van der Waals surface area contributed by atoms with Gasteiger partial charge in [-0.2, -0.15) is 0 Å². The molecule has 7 nitrogen and oxygen atoms in total. The first-order valence-corrected chi connectivity index (χ1v) is 9.92. The lowest BCUT2D eigenvalue weighted by Gasteiger charge is -2.25. The predicted octanol–water partition coefficient (Wildman–Crippen LogP) is 2.21. The van der Waals surface area contributed by atoms with Gasteiger partial charge in [0.2, 0.25) is 21.8 Å². The van der Waals surface area contributed by atoms with E-state index in [2.05, 4.69) is 4.72 Å². The molecule has 1 N–H and O–H groups in total. The molecule has 1 heterocycles. The Morgan fingerprint density at radius 1 is 1.16 bits per heavy atom. The van der Waals surface area contributed by atoms with Crippen LogP contribution in [-0.2, 0) is 19.6 Å². The van der Waals surface area contributed by atoms with Crippen LogP contribution < -0.4 is 14.4 Å². The van der Waals surface area contributed by atoms with Gasteiger partial charge < -0.3 is 4.74 Å². The Kier molecular flexibility index (Phi) is 6.55. The SMILES string of the molecule is CCCCCNS(=O)(=O)c1cc(N2C(=O)CCCC2=O)ccc1OC. The molecule has 0 radical (unpaired) electrons. The van der Waals surface area contributed by atoms with Crippen LogP contribution in [0.4, 0.5) is 5.69 Å². The van der Waals surface area contributed by atoms with E-state index < -0.39 is 10.0 Å². The van der Waals surface area contributed by atoms with Gasteiger partial charge in [0.15, 0.2) is 0 Å². The van der Waals surface area contributed by atoms with Crippen molar-refractivity contribution in [3.8, 4) is 5.75 Å². The summed E-state index contributed by atoms with van der Waals surface area (Å²) in [6.45, 7) is 2.36. The number of unbranched alkanes of at least 4 members (excludes halogenated alkanes) is 2. The molecule has 8 heteroatoms. The lowest BCUT2D eigenvalue weighted by molar-refractivity contribution is -0.129. The van der Waals surface area contributed by atoms with Gasteiger partial charge in [-0.1, -0.05) is 19.8 Å². The molecule has 0 unspecified atom stereocenters. The summed E-state index contributed by atoms with van der Waals surface area (Å²) in [5.41, 5.74) is 0.254. The zero-order valence-electron chi connectivity index (χ0n) is 14.6. The van der Waals surface area contributed by atoms with Gasteiger partial charge in [-0.3, -0.25) is 14.5 Å². The standard InChI is InChI=1S/C17H24N2O5S/c1-3-4-5-11-18-25(22,23)15-12-13(9-10-14(15)24-2)19-16(20)7-6-8-17(19)21/h9-10,12,18H,3-8,11H2,1-2H3. The van der Waals surface area contributed by atoms with Crippen LogP contribution in [0.3, 0.4) is 0 Å². The average molecular weight is 368 g/mol. The van der Waals surface area contributed by atoms with Crippen molar-refractivity contribution >= 4 is 27.5 Å². The minimum atomic E-state index is -3.80. The number of nitrogens with zero attached hydrogens (tertiary/aromatic N) is 1. The molecule has 0 bridgehead atoms. The molecular formula is C17H24N2O5S. The number of carbonyl (C=O) groups is 2. The molecule has 1 aliphatic rings. The summed E-state index contributed by atoms with van der Waals surface area (Å²) < 4.78 is 32.9. The van der Waals surface area contributed by atoms with E-state index in [9.17, 15) is 18.0 Å². The van der Waals surface area contributed by atoms with Crippen molar-refractivity contribution in [2.75, 3.05) is 18.6 Å². The molecule has 1 fully saturated rings. The van der Waals surface area contributed by atoms with Crippen molar-refractivity contribution in [2.24, 2.45) is 0 Å². The molecule has 1 aromatic carbocycles. The first-order valence-electron chi connectivity index (χ1n) is 8.44. The Hall–Kier alpha value is -1.93. The van der Waals surface area contributed by atoms with E-state index in [-0.39, 0.29) is 41.0 Å². The van der Waals surface area contributed by atoms with Crippen molar-refractivity contribution in [3.05, 3.63) is 18.2 Å². The Morgan fingerprint density at radius 3 is 2.44 bits per heavy atom. The number of nitrogens with one attached hydrogen (secondary N) is 1. The lowest BCUT2D eigenvalue weighted by Crippen LogP contribution is -2.40. The first kappa shape index (κ1) is 19.4. The monoisotopic (exact) mass is 368 g/mol. The Balaban J connectivity index is 2.33. The van der Waals surface area contributed by atoms with Gasteiger partial charge in [0.25, 0.3) is 0 Å². The average Bonchev–Trinajstić information content (AvgIpc) is 2.58. The summed E-state index contributed by atoms with van der Waals surface area (Å²) in [4.78, 5) is 25.1. The van der Waals surface area contributed by atoms with Crippen LogP contribution in [0.25, 0.3) is 0 Å². The molecular weight excluding hydrogens is 344 g/mol. The van der Waals surface area contributed by atoms with Crippen LogP contribution in [-0.4, -0.2) is 33.9 Å². The van der Waals surface area contributed by atoms with Crippen molar-refractivity contribution in [2.45, 2.75) is 50.3 Å². The number of anilines is 1. The molecule has 0 aromatic heterocycles. The third-order valence-electron chi connectivity index (χ3n) is 4.05. The van der Waals surface area contributed by atoms with Crippen LogP contribution in [0.1, 0.15) is 45.4 Å². The molecule has 0 aliphatic carbocycles. The molecule has 1 aliphatic heterocycles. The maximum absolute atomic E-state index is 12.6. The second-order valence-electron chi connectivity index (χ2n) is 5.92. The first-order chi connectivity index (χ1) is 11.9. The van der Waals surface area contributed by atoms with Gasteiger partial charge >= 0.3 is 0 Å². The Labute approximate surface area is 148 Å². The Morgan fingerprint density at radius 2 is 1.84 bits per heavy atom. The number of ether oxygens (including phenoxy) is 1. The van der Waals surface area contributed by atoms with E-state index >= 15 is 0 Å². The van der Waals surface area contributed by atoms with E-state index in [0.29, 0.717) is 13.0 Å². The van der Waals surface area contributed by atoms with Crippen molar-refractivity contribution < 1.29 is 22.7 Å². The Bertz CT molecular complexity index is 729. The van der Waals surface area contributed by atoms with Gasteiger partial charge in [0, 0.05) is 19.4 Å². The van der Waals surface area contributed by atoms with Gasteiger partial charge in [-0.15, -0.1) is 0 Å². The highest BCUT2D eigenvalue weighted by molar-refractivity contribution is 7.89. The number of rotatable bonds is 8. The second-order valence-corrected chi connectivity index (χ2v) is 7.65. The maximum Gasteiger partial charge on any atom is 0.244 e. The molecule has 0 spiro atoms. The topological polar surface area (TPSA) is 92.8 Å². The number of amides is 2. The third-order valence-corrected chi connectivity index (χ3v) is 5.53. The minimum absolute atomic E-state index is 0.0739. The van der Waals surface area contributed by atoms with Crippen molar-refractivity contribution in [3.63, 3.8) is 0 Å². The maximum atomic E-state index is 12.6. The molecule has 2 rings (SSSR count). The van der Waals surface area contributed by atoms with E-state index in [0.717, 1.165) is 24.2 Å². The molecule has 25 heavy (non-hydrogen) atoms. The van der Waals surface area contributed by atoms with Crippen LogP contribution in [0.15, 0.2) is 23.1 Å². The van der Waals surface area contributed by atoms with Crippen molar-refractivity contribution in [1.82, 2.24) is 4.72 Å². The second kappa shape index (κ2) is 8.44. The number of hydrogen-bond acceptors (Lipinski definition) is 5. The van der Waals surface area contributed by atoms with Gasteiger partial charge in [0.1, 0.15) is 10.6 Å². The van der Waals surface area contributed by atoms with E-state index in [4.69, 9.17) is 4.74 Å². The van der Waals surface area contributed by atoms with Gasteiger partial charge in [-0.05, 0) is 31.0 Å². The highest BCUT2D eigenvalue weighted by Gasteiger charge is 2.29. The largest absolute Gasteiger partial charge is 0.495 e. The van der Waals surface area contributed by atoms with Crippen molar-refractivity contribution in [1.29, 1.82) is 0 Å². The van der Waals surface area contributed by atoms with Crippen LogP contribution in [0.5, 0.6) is 5.75 Å². The lowest BCUT2D eigenvalue weighted by atomic mass is 10.1. The number of piperidine rings is 1. The van der Waals surface area contributed by atoms with Gasteiger partial charge in [0.05, 0.1) is 12.8 Å². The number of methoxy groups -OCH3 is 1. The quantitative estimate of drug-likeness (QED) is 0.561. The number of hydrogen-bond donors (Lipinski definition) is 1. The minimum Gasteiger partial charge on any atom is -0.495 e. The van der Waals surface area contributed by atoms with Crippen LogP contribution >= 0.6 is 0 Å². The predicted molar refractivity (Wildman–Crippen MR) is 94.1 cm³/mol. The highest BCUT2D eigenvalue weighted by Crippen LogP contribution is 2.31. The number of carbonyl (C=O) groups excluding carboxylic acids is 2. The summed E-state index contributed by atoms with van der Waals surface area (Å²) in [7, 11) is -2.43. The van der Waals surface area contributed by atoms with Crippen LogP contribution in [0.2, 0.25) is 0 Å².